The predicted octanol–water partition coefficient (Wildman–Crippen LogP) is 2.94. The molecule has 4 aliphatic rings. The fraction of sp³-hybridized carbons (Fsp3) is 0.471. The molecule has 0 spiro atoms. The second-order valence-electron chi connectivity index (χ2n) is 6.65. The normalized spacial score (nSPS) is 29.7. The van der Waals surface area contributed by atoms with Crippen LogP contribution in [0.1, 0.15) is 18.5 Å². The van der Waals surface area contributed by atoms with E-state index in [-0.39, 0.29) is 18.4 Å². The Bertz CT molecular complexity index is 733. The van der Waals surface area contributed by atoms with Crippen LogP contribution in [0.4, 0.5) is 4.79 Å². The van der Waals surface area contributed by atoms with Crippen molar-refractivity contribution in [3.05, 3.63) is 36.0 Å². The van der Waals surface area contributed by atoms with Gasteiger partial charge in [-0.2, -0.15) is 0 Å². The Labute approximate surface area is 136 Å². The number of benzene rings is 1. The van der Waals surface area contributed by atoms with Crippen molar-refractivity contribution in [1.82, 2.24) is 14.4 Å². The van der Waals surface area contributed by atoms with Gasteiger partial charge in [0.25, 0.3) is 0 Å². The smallest absolute Gasteiger partial charge is 0.314 e. The summed E-state index contributed by atoms with van der Waals surface area (Å²) in [6, 6.07) is 11.0. The minimum absolute atomic E-state index is 0. The van der Waals surface area contributed by atoms with Crippen LogP contribution < -0.4 is 0 Å². The monoisotopic (exact) mass is 317 g/mol. The average molecular weight is 318 g/mol. The highest BCUT2D eigenvalue weighted by Gasteiger charge is 2.42. The molecule has 4 aliphatic heterocycles. The summed E-state index contributed by atoms with van der Waals surface area (Å²) in [5, 5.41) is 1.18. The van der Waals surface area contributed by atoms with E-state index in [1.165, 1.54) is 31.3 Å². The molecule has 116 valence electrons. The van der Waals surface area contributed by atoms with Crippen LogP contribution in [0.15, 0.2) is 30.3 Å². The molecule has 0 saturated carbocycles. The summed E-state index contributed by atoms with van der Waals surface area (Å²) >= 11 is 0. The van der Waals surface area contributed by atoms with Gasteiger partial charge in [0.1, 0.15) is 0 Å². The Morgan fingerprint density at radius 1 is 1.09 bits per heavy atom. The number of hydrogen-bond acceptors (Lipinski definition) is 2. The maximum absolute atomic E-state index is 12.9. The van der Waals surface area contributed by atoms with Crippen molar-refractivity contribution in [2.24, 2.45) is 5.92 Å². The van der Waals surface area contributed by atoms with Crippen LogP contribution in [0, 0.1) is 5.92 Å². The second-order valence-corrected chi connectivity index (χ2v) is 6.65. The van der Waals surface area contributed by atoms with Crippen molar-refractivity contribution in [2.45, 2.75) is 25.4 Å². The Morgan fingerprint density at radius 3 is 2.59 bits per heavy atom. The molecule has 0 N–H and O–H groups in total. The summed E-state index contributed by atoms with van der Waals surface area (Å²) in [5.41, 5.74) is 2.21. The third-order valence-corrected chi connectivity index (χ3v) is 5.58. The topological polar surface area (TPSA) is 28.5 Å². The molecule has 0 radical (unpaired) electrons. The predicted molar refractivity (Wildman–Crippen MR) is 88.5 cm³/mol. The van der Waals surface area contributed by atoms with E-state index in [1.807, 2.05) is 16.7 Å². The number of hydrogen-bond donors (Lipinski definition) is 0. The van der Waals surface area contributed by atoms with Crippen molar-refractivity contribution in [3.63, 3.8) is 0 Å². The third-order valence-electron chi connectivity index (χ3n) is 5.58. The number of halogens is 1. The highest BCUT2D eigenvalue weighted by Crippen LogP contribution is 2.35. The largest absolute Gasteiger partial charge is 0.329 e. The van der Waals surface area contributed by atoms with Crippen LogP contribution in [0.3, 0.4) is 0 Å². The molecule has 1 aromatic heterocycles. The molecule has 3 saturated heterocycles. The van der Waals surface area contributed by atoms with Crippen molar-refractivity contribution >= 4 is 29.3 Å². The summed E-state index contributed by atoms with van der Waals surface area (Å²) < 4.78 is 1.92. The van der Waals surface area contributed by atoms with Gasteiger partial charge in [0.2, 0.25) is 0 Å². The molecule has 5 heterocycles. The maximum Gasteiger partial charge on any atom is 0.329 e. The van der Waals surface area contributed by atoms with Crippen LogP contribution in [0.25, 0.3) is 10.9 Å². The number of rotatable bonds is 1. The van der Waals surface area contributed by atoms with Gasteiger partial charge in [0, 0.05) is 23.7 Å². The van der Waals surface area contributed by atoms with Crippen molar-refractivity contribution in [1.29, 1.82) is 0 Å². The Kier molecular flexibility index (Phi) is 3.20. The molecule has 1 atom stereocenters. The van der Waals surface area contributed by atoms with E-state index in [0.29, 0.717) is 12.0 Å². The number of aromatic nitrogens is 1. The Morgan fingerprint density at radius 2 is 1.86 bits per heavy atom. The molecule has 2 bridgehead atoms. The van der Waals surface area contributed by atoms with Gasteiger partial charge in [0.05, 0.1) is 12.1 Å². The number of amides is 1. The number of carbonyl (C=O) groups excluding carboxylic acids is 1. The quantitative estimate of drug-likeness (QED) is 0.809. The Balaban J connectivity index is 0.00000125. The number of nitrogens with zero attached hydrogens (tertiary/aromatic N) is 3. The maximum atomic E-state index is 12.9. The van der Waals surface area contributed by atoms with Gasteiger partial charge in [-0.1, -0.05) is 18.2 Å². The summed E-state index contributed by atoms with van der Waals surface area (Å²) in [7, 11) is 0. The van der Waals surface area contributed by atoms with E-state index in [2.05, 4.69) is 28.0 Å². The van der Waals surface area contributed by atoms with Gasteiger partial charge in [-0.05, 0) is 44.0 Å². The molecule has 4 nitrogen and oxygen atoms in total. The molecule has 3 fully saturated rings. The van der Waals surface area contributed by atoms with Gasteiger partial charge in [0.15, 0.2) is 0 Å². The molecule has 22 heavy (non-hydrogen) atoms. The number of carbonyl (C=O) groups is 1. The van der Waals surface area contributed by atoms with Crippen LogP contribution in [-0.4, -0.2) is 46.1 Å². The molecular weight excluding hydrogens is 298 g/mol. The highest BCUT2D eigenvalue weighted by molar-refractivity contribution is 5.95. The first-order valence-corrected chi connectivity index (χ1v) is 7.94. The minimum atomic E-state index is 0. The van der Waals surface area contributed by atoms with Crippen molar-refractivity contribution in [2.75, 3.05) is 19.6 Å². The number of piperidine rings is 3. The molecule has 5 heteroatoms. The molecule has 1 aromatic carbocycles. The summed E-state index contributed by atoms with van der Waals surface area (Å²) in [4.78, 5) is 17.6. The lowest BCUT2D eigenvalue weighted by atomic mass is 9.83. The fourth-order valence-corrected chi connectivity index (χ4v) is 4.47. The first-order valence-electron chi connectivity index (χ1n) is 7.94. The first kappa shape index (κ1) is 14.1. The zero-order valence-corrected chi connectivity index (χ0v) is 13.3. The molecule has 2 aromatic rings. The number of fused-ring (bicyclic) bond motifs is 6. The highest BCUT2D eigenvalue weighted by atomic mass is 35.5. The zero-order valence-electron chi connectivity index (χ0n) is 12.4. The number of para-hydroxylation sites is 1. The van der Waals surface area contributed by atoms with Crippen LogP contribution in [0.2, 0.25) is 0 Å². The second kappa shape index (κ2) is 5.00. The van der Waals surface area contributed by atoms with Crippen LogP contribution >= 0.6 is 12.4 Å². The van der Waals surface area contributed by atoms with Crippen LogP contribution in [-0.2, 0) is 6.54 Å². The van der Waals surface area contributed by atoms with E-state index in [1.54, 1.807) is 0 Å². The van der Waals surface area contributed by atoms with Gasteiger partial charge in [-0.15, -0.1) is 12.4 Å². The van der Waals surface area contributed by atoms with Gasteiger partial charge < -0.3 is 9.80 Å². The Hall–Kier alpha value is -1.52. The van der Waals surface area contributed by atoms with Crippen molar-refractivity contribution < 1.29 is 4.79 Å². The first-order chi connectivity index (χ1) is 10.3. The van der Waals surface area contributed by atoms with Crippen LogP contribution in [0.5, 0.6) is 0 Å². The van der Waals surface area contributed by atoms with Gasteiger partial charge >= 0.3 is 6.03 Å². The van der Waals surface area contributed by atoms with Crippen molar-refractivity contribution in [3.8, 4) is 0 Å². The van der Waals surface area contributed by atoms with E-state index >= 15 is 0 Å². The van der Waals surface area contributed by atoms with E-state index in [9.17, 15) is 4.79 Å². The zero-order chi connectivity index (χ0) is 14.0. The lowest BCUT2D eigenvalue weighted by molar-refractivity contribution is 0.0241. The van der Waals surface area contributed by atoms with Gasteiger partial charge in [-0.25, -0.2) is 4.79 Å². The van der Waals surface area contributed by atoms with E-state index in [0.717, 1.165) is 24.3 Å². The molecule has 1 amide bonds. The molecule has 0 aliphatic carbocycles. The minimum Gasteiger partial charge on any atom is -0.314 e. The summed E-state index contributed by atoms with van der Waals surface area (Å²) in [5.74, 6) is 0.704. The molecule has 6 rings (SSSR count). The third kappa shape index (κ3) is 1.83. The fourth-order valence-electron chi connectivity index (χ4n) is 4.47. The molecular formula is C17H20ClN3O. The van der Waals surface area contributed by atoms with E-state index in [4.69, 9.17) is 0 Å². The van der Waals surface area contributed by atoms with Gasteiger partial charge in [-0.3, -0.25) is 4.57 Å². The van der Waals surface area contributed by atoms with E-state index < -0.39 is 0 Å². The lowest BCUT2D eigenvalue weighted by Gasteiger charge is -2.47. The summed E-state index contributed by atoms with van der Waals surface area (Å²) in [6.07, 6.45) is 2.51. The lowest BCUT2D eigenvalue weighted by Crippen LogP contribution is -2.57. The molecule has 1 unspecified atom stereocenters. The standard InChI is InChI=1S/C17H19N3O.ClH/c21-17-19(16-11-18-7-5-12(16)6-8-18)10-14-9-13-3-1-2-4-15(13)20(14)17;/h1-4,9,12,16H,5-8,10-11H2;1H. The SMILES string of the molecule is Cl.O=C1N(C2CN3CCC2CC3)Cc2cc3ccccc3n21. The summed E-state index contributed by atoms with van der Waals surface area (Å²) in [6.45, 7) is 4.29. The average Bonchev–Trinajstić information content (AvgIpc) is 3.05.